The van der Waals surface area contributed by atoms with Crippen molar-refractivity contribution in [2.45, 2.75) is 45.6 Å². The monoisotopic (exact) mass is 305 g/mol. The predicted octanol–water partition coefficient (Wildman–Crippen LogP) is 3.60. The fraction of sp³-hybridized carbons (Fsp3) is 0.471. The van der Waals surface area contributed by atoms with E-state index in [9.17, 15) is 14.9 Å². The van der Waals surface area contributed by atoms with Gasteiger partial charge in [-0.25, -0.2) is 0 Å². The van der Waals surface area contributed by atoms with Crippen molar-refractivity contribution in [3.8, 4) is 0 Å². The Morgan fingerprint density at radius 2 is 1.77 bits per heavy atom. The van der Waals surface area contributed by atoms with Gasteiger partial charge in [0, 0.05) is 18.8 Å². The molecule has 0 N–H and O–H groups in total. The van der Waals surface area contributed by atoms with Crippen LogP contribution < -0.4 is 0 Å². The predicted molar refractivity (Wildman–Crippen MR) is 86.2 cm³/mol. The summed E-state index contributed by atoms with van der Waals surface area (Å²) in [6, 6.07) is 7.86. The van der Waals surface area contributed by atoms with E-state index in [1.54, 1.807) is 6.08 Å². The maximum absolute atomic E-state index is 11.2. The molecule has 0 aromatic heterocycles. The molecule has 0 aliphatic carbocycles. The molecule has 1 aromatic carbocycles. The number of rotatable bonds is 5. The highest BCUT2D eigenvalue weighted by Gasteiger charge is 2.35. The summed E-state index contributed by atoms with van der Waals surface area (Å²) >= 11 is 0. The molecule has 5 nitrogen and oxygen atoms in total. The first-order valence-electron chi connectivity index (χ1n) is 7.12. The fourth-order valence-corrected chi connectivity index (χ4v) is 1.78. The molecule has 1 atom stereocenters. The fourth-order valence-electron chi connectivity index (χ4n) is 1.78. The lowest BCUT2D eigenvalue weighted by atomic mass is 9.86. The largest absolute Gasteiger partial charge is 0.458 e. The summed E-state index contributed by atoms with van der Waals surface area (Å²) in [4.78, 5) is 21.6. The maximum Gasteiger partial charge on any atom is 0.302 e. The Hall–Kier alpha value is -2.17. The van der Waals surface area contributed by atoms with Crippen LogP contribution in [0.4, 0.5) is 0 Å². The van der Waals surface area contributed by atoms with Crippen LogP contribution in [0.2, 0.25) is 0 Å². The molecule has 0 aliphatic heterocycles. The van der Waals surface area contributed by atoms with E-state index in [1.807, 2.05) is 24.3 Å². The van der Waals surface area contributed by atoms with Crippen molar-refractivity contribution in [1.82, 2.24) is 0 Å². The molecule has 0 fully saturated rings. The third-order valence-electron chi connectivity index (χ3n) is 3.40. The third kappa shape index (κ3) is 4.98. The van der Waals surface area contributed by atoms with Crippen molar-refractivity contribution in [3.05, 3.63) is 51.6 Å². The van der Waals surface area contributed by atoms with Gasteiger partial charge in [0.2, 0.25) is 0 Å². The number of carbonyl (C=O) groups is 1. The molecule has 1 aromatic rings. The Balaban J connectivity index is 2.91. The number of ether oxygens (including phenoxy) is 1. The minimum atomic E-state index is -1.44. The Kier molecular flexibility index (Phi) is 5.47. The van der Waals surface area contributed by atoms with Crippen molar-refractivity contribution in [3.63, 3.8) is 0 Å². The van der Waals surface area contributed by atoms with Crippen LogP contribution in [0.25, 0.3) is 6.08 Å². The number of hydrogen-bond acceptors (Lipinski definition) is 4. The standard InChI is InChI=1S/C17H23NO4/c1-13(19)22-12-17(5,18(20)21)11-10-14-6-8-15(9-7-14)16(2,3)4/h6-11H,12H2,1-5H3/b11-10+. The van der Waals surface area contributed by atoms with Crippen LogP contribution in [0.3, 0.4) is 0 Å². The van der Waals surface area contributed by atoms with Crippen molar-refractivity contribution in [2.24, 2.45) is 0 Å². The maximum atomic E-state index is 11.2. The summed E-state index contributed by atoms with van der Waals surface area (Å²) in [5.41, 5.74) is 0.687. The third-order valence-corrected chi connectivity index (χ3v) is 3.40. The second-order valence-electron chi connectivity index (χ2n) is 6.60. The van der Waals surface area contributed by atoms with Gasteiger partial charge in [0.25, 0.3) is 5.54 Å². The summed E-state index contributed by atoms with van der Waals surface area (Å²) in [6.07, 6.45) is 3.14. The van der Waals surface area contributed by atoms with Crippen LogP contribution in [0.5, 0.6) is 0 Å². The Bertz CT molecular complexity index is 569. The molecule has 1 rings (SSSR count). The average Bonchev–Trinajstić information content (AvgIpc) is 2.42. The lowest BCUT2D eigenvalue weighted by Gasteiger charge is -2.19. The zero-order valence-corrected chi connectivity index (χ0v) is 13.8. The number of carbonyl (C=O) groups excluding carboxylic acids is 1. The van der Waals surface area contributed by atoms with Gasteiger partial charge in [0.05, 0.1) is 0 Å². The molecule has 0 heterocycles. The van der Waals surface area contributed by atoms with Crippen molar-refractivity contribution in [2.75, 3.05) is 6.61 Å². The highest BCUT2D eigenvalue weighted by atomic mass is 16.6. The Morgan fingerprint density at radius 3 is 2.18 bits per heavy atom. The number of benzene rings is 1. The van der Waals surface area contributed by atoms with Crippen molar-refractivity contribution >= 4 is 12.0 Å². The van der Waals surface area contributed by atoms with E-state index in [0.717, 1.165) is 5.56 Å². The topological polar surface area (TPSA) is 69.4 Å². The van der Waals surface area contributed by atoms with Crippen LogP contribution >= 0.6 is 0 Å². The second-order valence-corrected chi connectivity index (χ2v) is 6.60. The lowest BCUT2D eigenvalue weighted by Crippen LogP contribution is -2.38. The molecule has 120 valence electrons. The van der Waals surface area contributed by atoms with E-state index >= 15 is 0 Å². The van der Waals surface area contributed by atoms with Gasteiger partial charge in [-0.3, -0.25) is 14.9 Å². The zero-order valence-electron chi connectivity index (χ0n) is 13.8. The summed E-state index contributed by atoms with van der Waals surface area (Å²) in [5.74, 6) is -0.531. The van der Waals surface area contributed by atoms with Gasteiger partial charge < -0.3 is 4.74 Å². The molecule has 0 radical (unpaired) electrons. The van der Waals surface area contributed by atoms with Crippen molar-refractivity contribution in [1.29, 1.82) is 0 Å². The van der Waals surface area contributed by atoms with Gasteiger partial charge >= 0.3 is 5.97 Å². The first-order chi connectivity index (χ1) is 10.0. The number of nitro groups is 1. The first-order valence-corrected chi connectivity index (χ1v) is 7.12. The van der Waals surface area contributed by atoms with Crippen LogP contribution in [0.1, 0.15) is 45.7 Å². The highest BCUT2D eigenvalue weighted by molar-refractivity contribution is 5.66. The van der Waals surface area contributed by atoms with E-state index in [4.69, 9.17) is 4.74 Å². The van der Waals surface area contributed by atoms with Gasteiger partial charge in [-0.05, 0) is 22.6 Å². The van der Waals surface area contributed by atoms with Gasteiger partial charge in [0.15, 0.2) is 6.61 Å². The number of esters is 1. The molecule has 0 saturated heterocycles. The van der Waals surface area contributed by atoms with Crippen LogP contribution in [0, 0.1) is 10.1 Å². The van der Waals surface area contributed by atoms with Gasteiger partial charge in [-0.1, -0.05) is 51.1 Å². The summed E-state index contributed by atoms with van der Waals surface area (Å²) in [6.45, 7) is 8.75. The smallest absolute Gasteiger partial charge is 0.302 e. The molecule has 0 amide bonds. The zero-order chi connectivity index (χ0) is 17.0. The Morgan fingerprint density at radius 1 is 1.23 bits per heavy atom. The summed E-state index contributed by atoms with van der Waals surface area (Å²) < 4.78 is 4.79. The first kappa shape index (κ1) is 17.9. The van der Waals surface area contributed by atoms with E-state index < -0.39 is 16.4 Å². The summed E-state index contributed by atoms with van der Waals surface area (Å²) in [7, 11) is 0. The second kappa shape index (κ2) is 6.73. The van der Waals surface area contributed by atoms with Gasteiger partial charge in [-0.15, -0.1) is 0 Å². The molecule has 0 saturated carbocycles. The lowest BCUT2D eigenvalue weighted by molar-refractivity contribution is -0.553. The molecular formula is C17H23NO4. The van der Waals surface area contributed by atoms with Crippen molar-refractivity contribution < 1.29 is 14.5 Å². The van der Waals surface area contributed by atoms with E-state index in [0.29, 0.717) is 0 Å². The molecule has 5 heteroatoms. The molecule has 0 aliphatic rings. The van der Waals surface area contributed by atoms with Gasteiger partial charge in [-0.2, -0.15) is 0 Å². The van der Waals surface area contributed by atoms with E-state index in [2.05, 4.69) is 20.8 Å². The SMILES string of the molecule is CC(=O)OCC(C)(/C=C/c1ccc(C(C)(C)C)cc1)[N+](=O)[O-]. The van der Waals surface area contributed by atoms with Gasteiger partial charge in [0.1, 0.15) is 0 Å². The molecule has 0 spiro atoms. The average molecular weight is 305 g/mol. The van der Waals surface area contributed by atoms with E-state index in [1.165, 1.54) is 25.5 Å². The Labute approximate surface area is 131 Å². The quantitative estimate of drug-likeness (QED) is 0.473. The molecule has 0 bridgehead atoms. The molecule has 1 unspecified atom stereocenters. The van der Waals surface area contributed by atoms with Crippen LogP contribution in [-0.2, 0) is 14.9 Å². The minimum absolute atomic E-state index is 0.0624. The molecule has 22 heavy (non-hydrogen) atoms. The van der Waals surface area contributed by atoms with Crippen LogP contribution in [-0.4, -0.2) is 23.0 Å². The normalized spacial score (nSPS) is 14.6. The number of nitrogens with zero attached hydrogens (tertiary/aromatic N) is 1. The summed E-state index contributed by atoms with van der Waals surface area (Å²) in [5, 5.41) is 11.2. The molecular weight excluding hydrogens is 282 g/mol. The van der Waals surface area contributed by atoms with E-state index in [-0.39, 0.29) is 12.0 Å². The van der Waals surface area contributed by atoms with Crippen LogP contribution in [0.15, 0.2) is 30.3 Å². The number of hydrogen-bond donors (Lipinski definition) is 0. The minimum Gasteiger partial charge on any atom is -0.458 e. The highest BCUT2D eigenvalue weighted by Crippen LogP contribution is 2.23.